The third-order valence-electron chi connectivity index (χ3n) is 6.21. The van der Waals surface area contributed by atoms with Crippen LogP contribution in [-0.2, 0) is 30.7 Å². The first-order valence-electron chi connectivity index (χ1n) is 10.7. The van der Waals surface area contributed by atoms with Gasteiger partial charge in [-0.1, -0.05) is 18.2 Å². The van der Waals surface area contributed by atoms with Gasteiger partial charge in [0.15, 0.2) is 0 Å². The summed E-state index contributed by atoms with van der Waals surface area (Å²) in [6, 6.07) is 8.26. The van der Waals surface area contributed by atoms with Crippen LogP contribution in [0.25, 0.3) is 10.9 Å². The highest BCUT2D eigenvalue weighted by atomic mass is 16.2. The third kappa shape index (κ3) is 3.86. The summed E-state index contributed by atoms with van der Waals surface area (Å²) in [5.74, 6) is 1.58. The van der Waals surface area contributed by atoms with Crippen LogP contribution in [0.4, 0.5) is 0 Å². The quantitative estimate of drug-likeness (QED) is 0.674. The first-order valence-corrected chi connectivity index (χ1v) is 10.7. The normalized spacial score (nSPS) is 19.1. The average Bonchev–Trinajstić information content (AvgIpc) is 3.42. The van der Waals surface area contributed by atoms with Crippen molar-refractivity contribution in [3.63, 3.8) is 0 Å². The number of hydrogen-bond donors (Lipinski definition) is 2. The zero-order valence-corrected chi connectivity index (χ0v) is 16.6. The molecule has 1 fully saturated rings. The minimum Gasteiger partial charge on any atom is -0.361 e. The minimum absolute atomic E-state index is 0.0122. The van der Waals surface area contributed by atoms with E-state index in [-0.39, 0.29) is 17.6 Å². The molecule has 5 rings (SSSR count). The second kappa shape index (κ2) is 7.54. The van der Waals surface area contributed by atoms with Crippen LogP contribution >= 0.6 is 0 Å². The molecule has 29 heavy (non-hydrogen) atoms. The molecule has 0 spiro atoms. The van der Waals surface area contributed by atoms with Gasteiger partial charge in [-0.25, -0.2) is 9.48 Å². The molecule has 3 heterocycles. The van der Waals surface area contributed by atoms with Crippen LogP contribution in [0.2, 0.25) is 0 Å². The van der Waals surface area contributed by atoms with E-state index in [2.05, 4.69) is 21.5 Å². The van der Waals surface area contributed by atoms with Gasteiger partial charge >= 0.3 is 5.69 Å². The number of nitrogens with zero attached hydrogens (tertiary/aromatic N) is 3. The van der Waals surface area contributed by atoms with Crippen LogP contribution < -0.4 is 11.0 Å². The van der Waals surface area contributed by atoms with Crippen LogP contribution in [0, 0.1) is 5.92 Å². The molecule has 3 aromatic rings. The first kappa shape index (κ1) is 18.2. The zero-order valence-electron chi connectivity index (χ0n) is 16.6. The van der Waals surface area contributed by atoms with Crippen LogP contribution in [0.1, 0.15) is 43.5 Å². The van der Waals surface area contributed by atoms with E-state index in [1.807, 2.05) is 24.4 Å². The third-order valence-corrected chi connectivity index (χ3v) is 6.21. The molecule has 2 aliphatic rings. The van der Waals surface area contributed by atoms with E-state index in [1.54, 1.807) is 9.25 Å². The van der Waals surface area contributed by atoms with Crippen molar-refractivity contribution < 1.29 is 4.79 Å². The summed E-state index contributed by atoms with van der Waals surface area (Å²) in [4.78, 5) is 28.3. The van der Waals surface area contributed by atoms with Crippen molar-refractivity contribution in [2.75, 3.05) is 0 Å². The number of nitrogens with one attached hydrogen (secondary N) is 2. The fraction of sp³-hybridized carbons (Fsp3) is 0.500. The number of fused-ring (bicyclic) bond motifs is 2. The van der Waals surface area contributed by atoms with Crippen molar-refractivity contribution in [1.29, 1.82) is 0 Å². The highest BCUT2D eigenvalue weighted by Crippen LogP contribution is 2.30. The van der Waals surface area contributed by atoms with E-state index in [1.165, 1.54) is 23.8 Å². The van der Waals surface area contributed by atoms with E-state index in [0.29, 0.717) is 18.9 Å². The maximum Gasteiger partial charge on any atom is 0.345 e. The van der Waals surface area contributed by atoms with E-state index in [4.69, 9.17) is 0 Å². The summed E-state index contributed by atoms with van der Waals surface area (Å²) in [7, 11) is 0. The topological polar surface area (TPSA) is 84.7 Å². The first-order chi connectivity index (χ1) is 14.2. The molecular weight excluding hydrogens is 366 g/mol. The lowest BCUT2D eigenvalue weighted by Gasteiger charge is -2.16. The van der Waals surface area contributed by atoms with Crippen molar-refractivity contribution in [3.8, 4) is 0 Å². The van der Waals surface area contributed by atoms with Crippen molar-refractivity contribution in [2.24, 2.45) is 5.92 Å². The number of carbonyl (C=O) groups excluding carboxylic acids is 1. The SMILES string of the molecule is O=C(CCc1c[nH]c2ccccc12)NC1CCc2nn(CC3CC3)c(=O)n2CC1. The largest absolute Gasteiger partial charge is 0.361 e. The zero-order chi connectivity index (χ0) is 19.8. The van der Waals surface area contributed by atoms with Gasteiger partial charge in [-0.2, -0.15) is 5.10 Å². The van der Waals surface area contributed by atoms with Crippen LogP contribution in [0.15, 0.2) is 35.3 Å². The lowest BCUT2D eigenvalue weighted by Crippen LogP contribution is -2.36. The number of aromatic nitrogens is 4. The monoisotopic (exact) mass is 393 g/mol. The van der Waals surface area contributed by atoms with Crippen LogP contribution in [-0.4, -0.2) is 31.3 Å². The maximum absolute atomic E-state index is 12.6. The molecule has 2 N–H and O–H groups in total. The highest BCUT2D eigenvalue weighted by Gasteiger charge is 2.26. The van der Waals surface area contributed by atoms with Crippen LogP contribution in [0.5, 0.6) is 0 Å². The summed E-state index contributed by atoms with van der Waals surface area (Å²) >= 11 is 0. The molecule has 0 bridgehead atoms. The van der Waals surface area contributed by atoms with E-state index in [0.717, 1.165) is 43.6 Å². The van der Waals surface area contributed by atoms with Gasteiger partial charge in [0.2, 0.25) is 5.91 Å². The molecule has 0 saturated heterocycles. The molecule has 152 valence electrons. The molecule has 1 aromatic carbocycles. The molecule has 1 saturated carbocycles. The molecule has 1 aliphatic carbocycles. The number of hydrogen-bond acceptors (Lipinski definition) is 3. The lowest BCUT2D eigenvalue weighted by atomic mass is 10.1. The Morgan fingerprint density at radius 3 is 2.93 bits per heavy atom. The van der Waals surface area contributed by atoms with Gasteiger partial charge in [-0.3, -0.25) is 9.36 Å². The van der Waals surface area contributed by atoms with Gasteiger partial charge in [-0.05, 0) is 49.7 Å². The summed E-state index contributed by atoms with van der Waals surface area (Å²) in [5, 5.41) is 8.91. The number of amides is 1. The number of para-hydroxylation sites is 1. The molecule has 1 atom stereocenters. The molecule has 1 aliphatic heterocycles. The second-order valence-corrected chi connectivity index (χ2v) is 8.43. The number of aromatic amines is 1. The molecule has 1 unspecified atom stereocenters. The molecule has 7 nitrogen and oxygen atoms in total. The minimum atomic E-state index is 0.0122. The summed E-state index contributed by atoms with van der Waals surface area (Å²) < 4.78 is 3.45. The molecule has 1 amide bonds. The van der Waals surface area contributed by atoms with Gasteiger partial charge in [0.1, 0.15) is 5.82 Å². The summed E-state index contributed by atoms with van der Waals surface area (Å²) in [6.45, 7) is 1.39. The molecule has 2 aromatic heterocycles. The number of aryl methyl sites for hydroxylation is 2. The Kier molecular flexibility index (Phi) is 4.73. The van der Waals surface area contributed by atoms with Gasteiger partial charge in [-0.15, -0.1) is 0 Å². The Morgan fingerprint density at radius 1 is 1.21 bits per heavy atom. The maximum atomic E-state index is 12.6. The number of carbonyl (C=O) groups is 1. The Bertz CT molecular complexity index is 1090. The lowest BCUT2D eigenvalue weighted by molar-refractivity contribution is -0.121. The number of rotatable bonds is 6. The van der Waals surface area contributed by atoms with E-state index >= 15 is 0 Å². The fourth-order valence-electron chi connectivity index (χ4n) is 4.32. The van der Waals surface area contributed by atoms with Gasteiger partial charge in [0, 0.05) is 49.1 Å². The predicted octanol–water partition coefficient (Wildman–Crippen LogP) is 2.39. The number of H-pyrrole nitrogens is 1. The Labute approximate surface area is 169 Å². The van der Waals surface area contributed by atoms with E-state index < -0.39 is 0 Å². The Balaban J connectivity index is 1.16. The van der Waals surface area contributed by atoms with Gasteiger partial charge < -0.3 is 10.3 Å². The van der Waals surface area contributed by atoms with Gasteiger partial charge in [0.05, 0.1) is 0 Å². The Morgan fingerprint density at radius 2 is 2.07 bits per heavy atom. The summed E-state index contributed by atoms with van der Waals surface area (Å²) in [6.07, 6.45) is 7.95. The molecular formula is C22H27N5O2. The fourth-order valence-corrected chi connectivity index (χ4v) is 4.32. The smallest absolute Gasteiger partial charge is 0.345 e. The number of benzene rings is 1. The van der Waals surface area contributed by atoms with Gasteiger partial charge in [0.25, 0.3) is 0 Å². The standard InChI is InChI=1S/C22H27N5O2/c28-21(10-7-16-13-23-19-4-2-1-3-18(16)19)24-17-8-9-20-25-27(14-15-5-6-15)22(29)26(20)12-11-17/h1-4,13,15,17,23H,5-12,14H2,(H,24,28). The van der Waals surface area contributed by atoms with Crippen molar-refractivity contribution in [3.05, 3.63) is 52.3 Å². The summed E-state index contributed by atoms with van der Waals surface area (Å²) in [5.41, 5.74) is 2.29. The van der Waals surface area contributed by atoms with Crippen molar-refractivity contribution >= 4 is 16.8 Å². The molecule has 7 heteroatoms. The molecule has 0 radical (unpaired) electrons. The predicted molar refractivity (Wildman–Crippen MR) is 111 cm³/mol. The van der Waals surface area contributed by atoms with Crippen molar-refractivity contribution in [2.45, 2.75) is 64.1 Å². The van der Waals surface area contributed by atoms with Crippen molar-refractivity contribution in [1.82, 2.24) is 24.6 Å². The Hall–Kier alpha value is -2.83. The average molecular weight is 393 g/mol. The van der Waals surface area contributed by atoms with E-state index in [9.17, 15) is 9.59 Å². The highest BCUT2D eigenvalue weighted by molar-refractivity contribution is 5.84. The second-order valence-electron chi connectivity index (χ2n) is 8.43. The van der Waals surface area contributed by atoms with Crippen LogP contribution in [0.3, 0.4) is 0 Å².